The molecule has 1 rings (SSSR count). The van der Waals surface area contributed by atoms with Crippen molar-refractivity contribution in [3.63, 3.8) is 0 Å². The first-order chi connectivity index (χ1) is 6.99. The summed E-state index contributed by atoms with van der Waals surface area (Å²) in [4.78, 5) is 21.3. The van der Waals surface area contributed by atoms with Crippen LogP contribution in [0.3, 0.4) is 0 Å². The van der Waals surface area contributed by atoms with E-state index in [1.54, 1.807) is 0 Å². The van der Waals surface area contributed by atoms with E-state index in [0.29, 0.717) is 0 Å². The van der Waals surface area contributed by atoms with Gasteiger partial charge in [0, 0.05) is 0 Å². The van der Waals surface area contributed by atoms with Crippen LogP contribution >= 0.6 is 23.2 Å². The maximum Gasteiger partial charge on any atom is 0.248 e. The van der Waals surface area contributed by atoms with E-state index in [4.69, 9.17) is 34.0 Å². The second kappa shape index (κ2) is 5.06. The van der Waals surface area contributed by atoms with Crippen LogP contribution in [0.4, 0.5) is 5.95 Å². The van der Waals surface area contributed by atoms with Crippen LogP contribution in [-0.2, 0) is 4.79 Å². The van der Waals surface area contributed by atoms with Crippen LogP contribution in [-0.4, -0.2) is 38.6 Å². The maximum absolute atomic E-state index is 10.5. The van der Waals surface area contributed by atoms with Crippen LogP contribution in [0.2, 0.25) is 10.6 Å². The number of rotatable bonds is 4. The number of aromatic nitrogens is 3. The summed E-state index contributed by atoms with van der Waals surface area (Å²) >= 11 is 11.0. The molecule has 82 valence electrons. The van der Waals surface area contributed by atoms with E-state index >= 15 is 0 Å². The summed E-state index contributed by atoms with van der Waals surface area (Å²) in [5.41, 5.74) is 4.83. The van der Waals surface area contributed by atoms with Crippen molar-refractivity contribution >= 4 is 35.1 Å². The standard InChI is InChI=1S/C6H7Cl2N5O2/c7-4-11-5(8)13-6(12-4)10-1-2(14)3(9)15/h2,14H,1H2,(H2,9,15)(H,10,11,12,13). The Morgan fingerprint density at radius 3 is 2.40 bits per heavy atom. The fraction of sp³-hybridized carbons (Fsp3) is 0.333. The summed E-state index contributed by atoms with van der Waals surface area (Å²) in [5.74, 6) is -0.797. The van der Waals surface area contributed by atoms with Gasteiger partial charge in [-0.1, -0.05) is 0 Å². The molecule has 1 amide bonds. The Kier molecular flexibility index (Phi) is 4.01. The molecule has 1 unspecified atom stereocenters. The van der Waals surface area contributed by atoms with Crippen molar-refractivity contribution in [1.82, 2.24) is 15.0 Å². The minimum atomic E-state index is -1.33. The lowest BCUT2D eigenvalue weighted by Gasteiger charge is -2.07. The Labute approximate surface area is 94.6 Å². The molecule has 1 aromatic heterocycles. The Bertz CT molecular complexity index is 354. The molecule has 7 nitrogen and oxygen atoms in total. The first kappa shape index (κ1) is 11.9. The van der Waals surface area contributed by atoms with Gasteiger partial charge in [0.2, 0.25) is 22.4 Å². The second-order valence-electron chi connectivity index (χ2n) is 2.50. The SMILES string of the molecule is NC(=O)C(O)CNc1nc(Cl)nc(Cl)n1. The highest BCUT2D eigenvalue weighted by Gasteiger charge is 2.11. The highest BCUT2D eigenvalue weighted by Crippen LogP contribution is 2.09. The quantitative estimate of drug-likeness (QED) is 0.661. The molecule has 0 bridgehead atoms. The number of hydrogen-bond acceptors (Lipinski definition) is 6. The summed E-state index contributed by atoms with van der Waals surface area (Å²) in [7, 11) is 0. The van der Waals surface area contributed by atoms with Crippen molar-refractivity contribution in [1.29, 1.82) is 0 Å². The molecule has 1 heterocycles. The van der Waals surface area contributed by atoms with E-state index in [9.17, 15) is 4.79 Å². The van der Waals surface area contributed by atoms with Crippen LogP contribution in [0.5, 0.6) is 0 Å². The molecule has 0 saturated carbocycles. The molecular weight excluding hydrogens is 245 g/mol. The van der Waals surface area contributed by atoms with E-state index < -0.39 is 12.0 Å². The average molecular weight is 252 g/mol. The van der Waals surface area contributed by atoms with Crippen molar-refractivity contribution in [2.75, 3.05) is 11.9 Å². The Morgan fingerprint density at radius 1 is 1.40 bits per heavy atom. The molecule has 0 aromatic carbocycles. The van der Waals surface area contributed by atoms with Gasteiger partial charge in [0.15, 0.2) is 0 Å². The second-order valence-corrected chi connectivity index (χ2v) is 3.17. The number of aliphatic hydroxyl groups is 1. The van der Waals surface area contributed by atoms with Crippen LogP contribution < -0.4 is 11.1 Å². The topological polar surface area (TPSA) is 114 Å². The van der Waals surface area contributed by atoms with E-state index in [0.717, 1.165) is 0 Å². The monoisotopic (exact) mass is 251 g/mol. The third-order valence-corrected chi connectivity index (χ3v) is 1.70. The first-order valence-electron chi connectivity index (χ1n) is 3.77. The zero-order chi connectivity index (χ0) is 11.4. The lowest BCUT2D eigenvalue weighted by Crippen LogP contribution is -2.34. The minimum absolute atomic E-state index is 0.0558. The third kappa shape index (κ3) is 3.82. The molecule has 0 spiro atoms. The summed E-state index contributed by atoms with van der Waals surface area (Å²) in [6.07, 6.45) is -1.33. The van der Waals surface area contributed by atoms with Gasteiger partial charge in [0.05, 0.1) is 6.54 Å². The van der Waals surface area contributed by atoms with Crippen molar-refractivity contribution in [3.05, 3.63) is 10.6 Å². The largest absolute Gasteiger partial charge is 0.381 e. The molecular formula is C6H7Cl2N5O2. The smallest absolute Gasteiger partial charge is 0.248 e. The number of aliphatic hydroxyl groups excluding tert-OH is 1. The van der Waals surface area contributed by atoms with Gasteiger partial charge < -0.3 is 16.2 Å². The van der Waals surface area contributed by atoms with Gasteiger partial charge in [0.25, 0.3) is 0 Å². The Balaban J connectivity index is 2.61. The molecule has 1 atom stereocenters. The molecule has 0 fully saturated rings. The normalized spacial score (nSPS) is 12.2. The first-order valence-corrected chi connectivity index (χ1v) is 4.53. The van der Waals surface area contributed by atoms with Crippen molar-refractivity contribution in [3.8, 4) is 0 Å². The van der Waals surface area contributed by atoms with Gasteiger partial charge in [-0.15, -0.1) is 0 Å². The van der Waals surface area contributed by atoms with E-state index in [-0.39, 0.29) is 23.1 Å². The summed E-state index contributed by atoms with van der Waals surface area (Å²) < 4.78 is 0. The van der Waals surface area contributed by atoms with Crippen molar-refractivity contribution in [2.45, 2.75) is 6.10 Å². The zero-order valence-corrected chi connectivity index (χ0v) is 8.83. The molecule has 9 heteroatoms. The van der Waals surface area contributed by atoms with Crippen LogP contribution in [0.15, 0.2) is 0 Å². The summed E-state index contributed by atoms with van der Waals surface area (Å²) in [6, 6.07) is 0. The molecule has 0 aliphatic rings. The maximum atomic E-state index is 10.5. The number of primary amides is 1. The number of amides is 1. The highest BCUT2D eigenvalue weighted by atomic mass is 35.5. The molecule has 4 N–H and O–H groups in total. The van der Waals surface area contributed by atoms with Crippen LogP contribution in [0.1, 0.15) is 0 Å². The number of nitrogens with zero attached hydrogens (tertiary/aromatic N) is 3. The van der Waals surface area contributed by atoms with Crippen LogP contribution in [0.25, 0.3) is 0 Å². The fourth-order valence-corrected chi connectivity index (χ4v) is 1.06. The van der Waals surface area contributed by atoms with Gasteiger partial charge in [-0.3, -0.25) is 4.79 Å². The number of carbonyl (C=O) groups excluding carboxylic acids is 1. The third-order valence-electron chi connectivity index (χ3n) is 1.36. The molecule has 0 aliphatic heterocycles. The van der Waals surface area contributed by atoms with Crippen molar-refractivity contribution < 1.29 is 9.90 Å². The van der Waals surface area contributed by atoms with E-state index in [1.807, 2.05) is 0 Å². The van der Waals surface area contributed by atoms with E-state index in [2.05, 4.69) is 20.3 Å². The molecule has 1 aromatic rings. The molecule has 0 saturated heterocycles. The van der Waals surface area contributed by atoms with Crippen LogP contribution in [0, 0.1) is 0 Å². The Hall–Kier alpha value is -1.18. The number of nitrogens with two attached hydrogens (primary N) is 1. The predicted octanol–water partition coefficient (Wildman–Crippen LogP) is -0.564. The predicted molar refractivity (Wildman–Crippen MR) is 53.5 cm³/mol. The average Bonchev–Trinajstić information content (AvgIpc) is 2.12. The summed E-state index contributed by atoms with van der Waals surface area (Å²) in [5, 5.41) is 11.4. The zero-order valence-electron chi connectivity index (χ0n) is 7.31. The van der Waals surface area contributed by atoms with E-state index in [1.165, 1.54) is 0 Å². The highest BCUT2D eigenvalue weighted by molar-refractivity contribution is 6.31. The van der Waals surface area contributed by atoms with Gasteiger partial charge in [0.1, 0.15) is 6.10 Å². The van der Waals surface area contributed by atoms with Crippen molar-refractivity contribution in [2.24, 2.45) is 5.73 Å². The van der Waals surface area contributed by atoms with Gasteiger partial charge in [-0.25, -0.2) is 0 Å². The minimum Gasteiger partial charge on any atom is -0.381 e. The van der Waals surface area contributed by atoms with Gasteiger partial charge in [-0.05, 0) is 23.2 Å². The van der Waals surface area contributed by atoms with Gasteiger partial charge >= 0.3 is 0 Å². The number of hydrogen-bond donors (Lipinski definition) is 3. The Morgan fingerprint density at radius 2 is 1.93 bits per heavy atom. The number of anilines is 1. The fourth-order valence-electron chi connectivity index (χ4n) is 0.694. The number of nitrogens with one attached hydrogen (secondary N) is 1. The lowest BCUT2D eigenvalue weighted by molar-refractivity contribution is -0.125. The summed E-state index contributed by atoms with van der Waals surface area (Å²) in [6.45, 7) is -0.133. The van der Waals surface area contributed by atoms with Gasteiger partial charge in [-0.2, -0.15) is 15.0 Å². The number of halogens is 2. The molecule has 0 aliphatic carbocycles. The number of carbonyl (C=O) groups is 1. The molecule has 0 radical (unpaired) electrons. The lowest BCUT2D eigenvalue weighted by atomic mass is 10.3. The molecule has 15 heavy (non-hydrogen) atoms.